The first-order valence-corrected chi connectivity index (χ1v) is 14.3. The van der Waals surface area contributed by atoms with Crippen LogP contribution in [0.2, 0.25) is 0 Å². The van der Waals surface area contributed by atoms with Crippen molar-refractivity contribution in [3.8, 4) is 11.5 Å². The minimum absolute atomic E-state index is 0.190. The number of carboxylic acid groups (broad SMARTS) is 1. The van der Waals surface area contributed by atoms with Crippen LogP contribution >= 0.6 is 0 Å². The molecule has 0 unspecified atom stereocenters. The maximum Gasteiger partial charge on any atom is 0.339 e. The van der Waals surface area contributed by atoms with Gasteiger partial charge in [0.15, 0.2) is 5.82 Å². The average Bonchev–Trinajstić information content (AvgIpc) is 3.73. The zero-order valence-corrected chi connectivity index (χ0v) is 25.8. The number of hydrogen-bond donors (Lipinski definition) is 3. The van der Waals surface area contributed by atoms with Crippen molar-refractivity contribution in [2.45, 2.75) is 13.1 Å². The van der Waals surface area contributed by atoms with Crippen molar-refractivity contribution >= 4 is 23.5 Å². The Kier molecular flexibility index (Phi) is 12.2. The van der Waals surface area contributed by atoms with Crippen LogP contribution in [-0.2, 0) is 13.1 Å². The van der Waals surface area contributed by atoms with Gasteiger partial charge in [0.05, 0.1) is 32.9 Å². The fourth-order valence-electron chi connectivity index (χ4n) is 4.17. The summed E-state index contributed by atoms with van der Waals surface area (Å²) >= 11 is 0. The Hall–Kier alpha value is -6.50. The largest absolute Gasteiger partial charge is 0.496 e. The van der Waals surface area contributed by atoms with Crippen LogP contribution in [0.1, 0.15) is 31.8 Å². The molecule has 6 aromatic rings. The van der Waals surface area contributed by atoms with Gasteiger partial charge >= 0.3 is 5.97 Å². The highest BCUT2D eigenvalue weighted by Gasteiger charge is 2.13. The summed E-state index contributed by atoms with van der Waals surface area (Å²) in [5, 5.41) is 19.8. The molecule has 0 aliphatic carbocycles. The van der Waals surface area contributed by atoms with Crippen LogP contribution < -0.4 is 20.5 Å². The lowest BCUT2D eigenvalue weighted by atomic mass is 10.2. The summed E-state index contributed by atoms with van der Waals surface area (Å²) in [6, 6.07) is 24.9. The Labute approximate surface area is 271 Å². The number of ether oxygens (including phenoxy) is 2. The summed E-state index contributed by atoms with van der Waals surface area (Å²) in [4.78, 5) is 30.7. The number of aromatic carboxylic acids is 1. The van der Waals surface area contributed by atoms with E-state index in [1.807, 2.05) is 42.7 Å². The van der Waals surface area contributed by atoms with Gasteiger partial charge in [-0.3, -0.25) is 24.1 Å². The molecular formula is C34H34N8O5. The van der Waals surface area contributed by atoms with E-state index in [-0.39, 0.29) is 11.5 Å². The van der Waals surface area contributed by atoms with Gasteiger partial charge in [-0.15, -0.1) is 0 Å². The van der Waals surface area contributed by atoms with E-state index in [1.54, 1.807) is 82.7 Å². The lowest BCUT2D eigenvalue weighted by molar-refractivity contribution is 0.0693. The summed E-state index contributed by atoms with van der Waals surface area (Å²) in [5.41, 5.74) is 8.40. The van der Waals surface area contributed by atoms with Crippen molar-refractivity contribution < 1.29 is 24.2 Å². The van der Waals surface area contributed by atoms with Crippen molar-refractivity contribution in [3.05, 3.63) is 144 Å². The number of para-hydroxylation sites is 2. The zero-order chi connectivity index (χ0) is 33.4. The number of benzene rings is 2. The minimum Gasteiger partial charge on any atom is -0.496 e. The molecule has 6 rings (SSSR count). The minimum atomic E-state index is -0.970. The Balaban J connectivity index is 0.000000176. The number of carbonyl (C=O) groups excluding carboxylic acids is 1. The summed E-state index contributed by atoms with van der Waals surface area (Å²) in [6.45, 7) is 1.35. The Bertz CT molecular complexity index is 1860. The average molecular weight is 635 g/mol. The van der Waals surface area contributed by atoms with E-state index in [9.17, 15) is 9.59 Å². The van der Waals surface area contributed by atoms with E-state index >= 15 is 0 Å². The Morgan fingerprint density at radius 3 is 1.68 bits per heavy atom. The van der Waals surface area contributed by atoms with Crippen molar-refractivity contribution in [1.82, 2.24) is 29.5 Å². The Morgan fingerprint density at radius 1 is 0.702 bits per heavy atom. The SMILES string of the molecule is COc1ccccc1C(=O)Nc1ccn(Cc2ccncc2)n1.COc1ccccc1C(=O)O.Nc1ccn(Cc2ccncc2)n1. The molecule has 0 saturated heterocycles. The molecule has 0 saturated carbocycles. The summed E-state index contributed by atoms with van der Waals surface area (Å²) in [5.74, 6) is 0.740. The molecule has 1 amide bonds. The molecule has 4 aromatic heterocycles. The first kappa shape index (κ1) is 33.4. The number of carboxylic acids is 1. The molecule has 0 fully saturated rings. The zero-order valence-electron chi connectivity index (χ0n) is 25.8. The number of hydrogen-bond acceptors (Lipinski definition) is 9. The fourth-order valence-corrected chi connectivity index (χ4v) is 4.17. The second-order valence-corrected chi connectivity index (χ2v) is 9.71. The van der Waals surface area contributed by atoms with Gasteiger partial charge in [-0.1, -0.05) is 24.3 Å². The highest BCUT2D eigenvalue weighted by Crippen LogP contribution is 2.19. The van der Waals surface area contributed by atoms with E-state index in [0.29, 0.717) is 35.2 Å². The van der Waals surface area contributed by atoms with Crippen molar-refractivity contribution in [3.63, 3.8) is 0 Å². The molecule has 13 heteroatoms. The van der Waals surface area contributed by atoms with Crippen molar-refractivity contribution in [2.24, 2.45) is 0 Å². The molecule has 0 bridgehead atoms. The fraction of sp³-hybridized carbons (Fsp3) is 0.118. The van der Waals surface area contributed by atoms with Crippen LogP contribution in [0, 0.1) is 0 Å². The number of rotatable bonds is 9. The van der Waals surface area contributed by atoms with Gasteiger partial charge in [-0.05, 0) is 65.7 Å². The number of nitrogens with one attached hydrogen (secondary N) is 1. The smallest absolute Gasteiger partial charge is 0.339 e. The standard InChI is InChI=1S/C17H16N4O2.C9H10N4.C8H8O3/c1-23-15-5-3-2-4-14(15)17(22)19-16-8-11-21(20-16)12-13-6-9-18-10-7-13;10-9-3-6-13(12-9)7-8-1-4-11-5-2-8;1-11-7-5-3-2-4-6(7)8(9)10/h2-11H,12H2,1H3,(H,19,20,22);1-6H,7H2,(H2,10,12);2-5H,1H3,(H,9,10). The number of amides is 1. The van der Waals surface area contributed by atoms with Gasteiger partial charge in [0, 0.05) is 43.2 Å². The number of aromatic nitrogens is 6. The van der Waals surface area contributed by atoms with E-state index in [4.69, 9.17) is 20.3 Å². The van der Waals surface area contributed by atoms with Gasteiger partial charge in [0.25, 0.3) is 5.91 Å². The number of anilines is 2. The highest BCUT2D eigenvalue weighted by molar-refractivity contribution is 6.05. The summed E-state index contributed by atoms with van der Waals surface area (Å²) in [7, 11) is 2.98. The molecule has 0 atom stereocenters. The molecule has 0 aliphatic heterocycles. The van der Waals surface area contributed by atoms with Crippen LogP contribution in [0.4, 0.5) is 11.6 Å². The molecule has 4 N–H and O–H groups in total. The molecule has 2 aromatic carbocycles. The van der Waals surface area contributed by atoms with E-state index in [2.05, 4.69) is 25.5 Å². The Morgan fingerprint density at radius 2 is 1.19 bits per heavy atom. The summed E-state index contributed by atoms with van der Waals surface area (Å²) in [6.07, 6.45) is 10.7. The lowest BCUT2D eigenvalue weighted by Crippen LogP contribution is -2.14. The third-order valence-electron chi connectivity index (χ3n) is 6.42. The molecule has 0 aliphatic rings. The maximum absolute atomic E-state index is 12.3. The quantitative estimate of drug-likeness (QED) is 0.199. The topological polar surface area (TPSA) is 172 Å². The van der Waals surface area contributed by atoms with Gasteiger partial charge in [-0.25, -0.2) is 4.79 Å². The van der Waals surface area contributed by atoms with Crippen LogP contribution in [0.25, 0.3) is 0 Å². The number of methoxy groups -OCH3 is 2. The first-order chi connectivity index (χ1) is 22.9. The predicted octanol–water partition coefficient (Wildman–Crippen LogP) is 4.89. The van der Waals surface area contributed by atoms with Gasteiger partial charge in [0.1, 0.15) is 22.9 Å². The second kappa shape index (κ2) is 17.1. The molecular weight excluding hydrogens is 600 g/mol. The van der Waals surface area contributed by atoms with Gasteiger partial charge in [0.2, 0.25) is 0 Å². The highest BCUT2D eigenvalue weighted by atomic mass is 16.5. The van der Waals surface area contributed by atoms with Crippen molar-refractivity contribution in [2.75, 3.05) is 25.3 Å². The third-order valence-corrected chi connectivity index (χ3v) is 6.42. The van der Waals surface area contributed by atoms with Crippen LogP contribution in [0.15, 0.2) is 122 Å². The van der Waals surface area contributed by atoms with Gasteiger partial charge < -0.3 is 25.6 Å². The molecule has 0 spiro atoms. The molecule has 4 heterocycles. The number of nitrogens with two attached hydrogens (primary N) is 1. The first-order valence-electron chi connectivity index (χ1n) is 14.3. The van der Waals surface area contributed by atoms with Crippen LogP contribution in [-0.4, -0.2) is 60.7 Å². The van der Waals surface area contributed by atoms with Gasteiger partial charge in [-0.2, -0.15) is 10.2 Å². The lowest BCUT2D eigenvalue weighted by Gasteiger charge is -2.07. The van der Waals surface area contributed by atoms with E-state index in [0.717, 1.165) is 17.7 Å². The van der Waals surface area contributed by atoms with E-state index in [1.165, 1.54) is 20.3 Å². The summed E-state index contributed by atoms with van der Waals surface area (Å²) < 4.78 is 13.6. The van der Waals surface area contributed by atoms with Crippen LogP contribution in [0.3, 0.4) is 0 Å². The number of carbonyl (C=O) groups is 2. The van der Waals surface area contributed by atoms with Crippen LogP contribution in [0.5, 0.6) is 11.5 Å². The molecule has 47 heavy (non-hydrogen) atoms. The predicted molar refractivity (Wildman–Crippen MR) is 176 cm³/mol. The second-order valence-electron chi connectivity index (χ2n) is 9.71. The molecule has 240 valence electrons. The monoisotopic (exact) mass is 634 g/mol. The number of pyridine rings is 2. The number of nitrogens with zero attached hydrogens (tertiary/aromatic N) is 6. The molecule has 13 nitrogen and oxygen atoms in total. The third kappa shape index (κ3) is 10.3. The maximum atomic E-state index is 12.3. The molecule has 0 radical (unpaired) electrons. The van der Waals surface area contributed by atoms with Crippen molar-refractivity contribution in [1.29, 1.82) is 0 Å². The normalized spacial score (nSPS) is 10.0. The number of nitrogen functional groups attached to an aromatic ring is 1. The van der Waals surface area contributed by atoms with E-state index < -0.39 is 5.97 Å².